The Kier molecular flexibility index (Phi) is 3.52. The summed E-state index contributed by atoms with van der Waals surface area (Å²) in [4.78, 5) is 26.0. The predicted octanol–water partition coefficient (Wildman–Crippen LogP) is 2.04. The van der Waals surface area contributed by atoms with E-state index < -0.39 is 5.97 Å². The highest BCUT2D eigenvalue weighted by molar-refractivity contribution is 6.02. The van der Waals surface area contributed by atoms with E-state index in [1.165, 1.54) is 0 Å². The molecule has 0 aliphatic heterocycles. The highest BCUT2D eigenvalue weighted by Crippen LogP contribution is 2.22. The van der Waals surface area contributed by atoms with E-state index in [-0.39, 0.29) is 18.7 Å². The standard InChI is InChI=1S/C13H12N2O3/c16-12(4-5-13(17)18)15-11-3-1-2-9-8-14-7-6-10(9)11/h1-3,6-8H,4-5H2,(H,15,16)(H,17,18). The van der Waals surface area contributed by atoms with Crippen LogP contribution in [0.3, 0.4) is 0 Å². The van der Waals surface area contributed by atoms with Gasteiger partial charge >= 0.3 is 5.97 Å². The second-order valence-corrected chi connectivity index (χ2v) is 3.84. The lowest BCUT2D eigenvalue weighted by Crippen LogP contribution is -2.13. The van der Waals surface area contributed by atoms with Crippen LogP contribution in [0.5, 0.6) is 0 Å². The first-order valence-electron chi connectivity index (χ1n) is 5.51. The molecule has 0 fully saturated rings. The van der Waals surface area contributed by atoms with Gasteiger partial charge in [0.1, 0.15) is 0 Å². The van der Waals surface area contributed by atoms with Crippen molar-refractivity contribution in [1.82, 2.24) is 4.98 Å². The number of rotatable bonds is 4. The summed E-state index contributed by atoms with van der Waals surface area (Å²) in [7, 11) is 0. The van der Waals surface area contributed by atoms with Crippen LogP contribution in [-0.4, -0.2) is 22.0 Å². The first-order valence-corrected chi connectivity index (χ1v) is 5.51. The molecular formula is C13H12N2O3. The molecule has 1 aromatic carbocycles. The van der Waals surface area contributed by atoms with Crippen molar-refractivity contribution in [3.05, 3.63) is 36.7 Å². The summed E-state index contributed by atoms with van der Waals surface area (Å²) >= 11 is 0. The van der Waals surface area contributed by atoms with Gasteiger partial charge in [0.05, 0.1) is 6.42 Å². The van der Waals surface area contributed by atoms with Crippen LogP contribution in [0.1, 0.15) is 12.8 Å². The summed E-state index contributed by atoms with van der Waals surface area (Å²) in [6.07, 6.45) is 3.16. The summed E-state index contributed by atoms with van der Waals surface area (Å²) in [5.74, 6) is -1.28. The Hall–Kier alpha value is -2.43. The van der Waals surface area contributed by atoms with Crippen molar-refractivity contribution in [3.8, 4) is 0 Å². The van der Waals surface area contributed by atoms with Crippen molar-refractivity contribution in [1.29, 1.82) is 0 Å². The SMILES string of the molecule is O=C(O)CCC(=O)Nc1cccc2cnccc12. The van der Waals surface area contributed by atoms with Crippen molar-refractivity contribution >= 4 is 28.3 Å². The largest absolute Gasteiger partial charge is 0.481 e. The molecule has 1 heterocycles. The topological polar surface area (TPSA) is 79.3 Å². The third-order valence-corrected chi connectivity index (χ3v) is 2.52. The minimum atomic E-state index is -0.979. The Labute approximate surface area is 103 Å². The molecular weight excluding hydrogens is 232 g/mol. The molecule has 0 spiro atoms. The molecule has 5 nitrogen and oxygen atoms in total. The van der Waals surface area contributed by atoms with Crippen LogP contribution in [0.4, 0.5) is 5.69 Å². The van der Waals surface area contributed by atoms with Crippen LogP contribution < -0.4 is 5.32 Å². The van der Waals surface area contributed by atoms with E-state index in [1.807, 2.05) is 18.2 Å². The van der Waals surface area contributed by atoms with Crippen LogP contribution in [0.25, 0.3) is 10.8 Å². The molecule has 0 aliphatic carbocycles. The van der Waals surface area contributed by atoms with Crippen molar-refractivity contribution in [2.24, 2.45) is 0 Å². The smallest absolute Gasteiger partial charge is 0.303 e. The molecule has 2 rings (SSSR count). The van der Waals surface area contributed by atoms with Crippen molar-refractivity contribution < 1.29 is 14.7 Å². The minimum Gasteiger partial charge on any atom is -0.481 e. The summed E-state index contributed by atoms with van der Waals surface area (Å²) in [5, 5.41) is 13.0. The molecule has 0 saturated heterocycles. The number of nitrogens with one attached hydrogen (secondary N) is 1. The number of fused-ring (bicyclic) bond motifs is 1. The van der Waals surface area contributed by atoms with E-state index in [0.29, 0.717) is 5.69 Å². The number of pyridine rings is 1. The molecule has 0 saturated carbocycles. The molecule has 0 unspecified atom stereocenters. The average molecular weight is 244 g/mol. The van der Waals surface area contributed by atoms with Gasteiger partial charge in [0.25, 0.3) is 0 Å². The second-order valence-electron chi connectivity index (χ2n) is 3.84. The van der Waals surface area contributed by atoms with Crippen molar-refractivity contribution in [3.63, 3.8) is 0 Å². The zero-order valence-corrected chi connectivity index (χ0v) is 9.59. The van der Waals surface area contributed by atoms with E-state index in [4.69, 9.17) is 5.11 Å². The number of amides is 1. The molecule has 1 aromatic heterocycles. The number of carbonyl (C=O) groups excluding carboxylic acids is 1. The van der Waals surface area contributed by atoms with E-state index in [9.17, 15) is 9.59 Å². The first kappa shape index (κ1) is 12.0. The molecule has 0 aliphatic rings. The maximum atomic E-state index is 11.6. The number of anilines is 1. The summed E-state index contributed by atoms with van der Waals surface area (Å²) in [6, 6.07) is 7.30. The van der Waals surface area contributed by atoms with Crippen LogP contribution >= 0.6 is 0 Å². The number of carboxylic acid groups (broad SMARTS) is 1. The monoisotopic (exact) mass is 244 g/mol. The van der Waals surface area contributed by atoms with Crippen LogP contribution in [0.15, 0.2) is 36.7 Å². The third kappa shape index (κ3) is 2.82. The average Bonchev–Trinajstić information content (AvgIpc) is 2.37. The Balaban J connectivity index is 2.16. The fourth-order valence-corrected chi connectivity index (χ4v) is 1.66. The number of carbonyl (C=O) groups is 2. The van der Waals surface area contributed by atoms with Crippen LogP contribution in [-0.2, 0) is 9.59 Å². The third-order valence-electron chi connectivity index (χ3n) is 2.52. The Morgan fingerprint density at radius 3 is 2.83 bits per heavy atom. The highest BCUT2D eigenvalue weighted by Gasteiger charge is 2.07. The van der Waals surface area contributed by atoms with Gasteiger partial charge in [0.2, 0.25) is 5.91 Å². The Morgan fingerprint density at radius 1 is 1.22 bits per heavy atom. The maximum Gasteiger partial charge on any atom is 0.303 e. The van der Waals surface area contributed by atoms with E-state index in [0.717, 1.165) is 10.8 Å². The molecule has 2 N–H and O–H groups in total. The second kappa shape index (κ2) is 5.27. The quantitative estimate of drug-likeness (QED) is 0.862. The molecule has 5 heteroatoms. The van der Waals surface area contributed by atoms with Gasteiger partial charge in [-0.05, 0) is 12.1 Å². The van der Waals surface area contributed by atoms with Crippen LogP contribution in [0.2, 0.25) is 0 Å². The van der Waals surface area contributed by atoms with Crippen molar-refractivity contribution in [2.75, 3.05) is 5.32 Å². The van der Waals surface area contributed by atoms with Gasteiger partial charge in [-0.15, -0.1) is 0 Å². The Bertz CT molecular complexity index is 590. The van der Waals surface area contributed by atoms with Gasteiger partial charge in [-0.25, -0.2) is 0 Å². The fraction of sp³-hybridized carbons (Fsp3) is 0.154. The normalized spacial score (nSPS) is 10.2. The number of aromatic nitrogens is 1. The lowest BCUT2D eigenvalue weighted by molar-refractivity contribution is -0.138. The predicted molar refractivity (Wildman–Crippen MR) is 67.2 cm³/mol. The van der Waals surface area contributed by atoms with Crippen molar-refractivity contribution in [2.45, 2.75) is 12.8 Å². The number of aliphatic carboxylic acids is 1. The zero-order chi connectivity index (χ0) is 13.0. The van der Waals surface area contributed by atoms with E-state index >= 15 is 0 Å². The van der Waals surface area contributed by atoms with Gasteiger partial charge in [0, 0.05) is 35.3 Å². The highest BCUT2D eigenvalue weighted by atomic mass is 16.4. The lowest BCUT2D eigenvalue weighted by Gasteiger charge is -2.07. The number of benzene rings is 1. The zero-order valence-electron chi connectivity index (χ0n) is 9.59. The maximum absolute atomic E-state index is 11.6. The Morgan fingerprint density at radius 2 is 2.06 bits per heavy atom. The van der Waals surface area contributed by atoms with Gasteiger partial charge in [-0.1, -0.05) is 12.1 Å². The molecule has 0 bridgehead atoms. The summed E-state index contributed by atoms with van der Waals surface area (Å²) in [6.45, 7) is 0. The number of hydrogen-bond acceptors (Lipinski definition) is 3. The molecule has 92 valence electrons. The first-order chi connectivity index (χ1) is 8.66. The van der Waals surface area contributed by atoms with Gasteiger partial charge in [-0.3, -0.25) is 14.6 Å². The summed E-state index contributed by atoms with van der Waals surface area (Å²) in [5.41, 5.74) is 0.672. The van der Waals surface area contributed by atoms with Crippen LogP contribution in [0, 0.1) is 0 Å². The molecule has 18 heavy (non-hydrogen) atoms. The number of carboxylic acids is 1. The molecule has 0 radical (unpaired) electrons. The number of nitrogens with zero attached hydrogens (tertiary/aromatic N) is 1. The minimum absolute atomic E-state index is 0.0309. The molecule has 2 aromatic rings. The lowest BCUT2D eigenvalue weighted by atomic mass is 10.1. The number of hydrogen-bond donors (Lipinski definition) is 2. The molecule has 0 atom stereocenters. The van der Waals surface area contributed by atoms with E-state index in [1.54, 1.807) is 18.5 Å². The van der Waals surface area contributed by atoms with Gasteiger partial charge in [0.15, 0.2) is 0 Å². The van der Waals surface area contributed by atoms with E-state index in [2.05, 4.69) is 10.3 Å². The van der Waals surface area contributed by atoms with Gasteiger partial charge < -0.3 is 10.4 Å². The van der Waals surface area contributed by atoms with Gasteiger partial charge in [-0.2, -0.15) is 0 Å². The molecule has 1 amide bonds. The fourth-order valence-electron chi connectivity index (χ4n) is 1.66. The summed E-state index contributed by atoms with van der Waals surface area (Å²) < 4.78 is 0.